The summed E-state index contributed by atoms with van der Waals surface area (Å²) < 4.78 is 16.0. The molecule has 1 unspecified atom stereocenters. The Balaban J connectivity index is 2.21. The highest BCUT2D eigenvalue weighted by atomic mass is 16.5. The van der Waals surface area contributed by atoms with E-state index in [1.54, 1.807) is 21.3 Å². The van der Waals surface area contributed by atoms with E-state index in [2.05, 4.69) is 18.3 Å². The van der Waals surface area contributed by atoms with Crippen molar-refractivity contribution in [3.63, 3.8) is 0 Å². The first kappa shape index (κ1) is 15.0. The van der Waals surface area contributed by atoms with Crippen LogP contribution in [-0.2, 0) is 0 Å². The summed E-state index contributed by atoms with van der Waals surface area (Å²) in [7, 11) is 4.94. The molecule has 0 bridgehead atoms. The molecule has 2 aromatic rings. The first-order valence-corrected chi connectivity index (χ1v) is 6.81. The molecule has 0 saturated heterocycles. The minimum Gasteiger partial charge on any atom is -0.496 e. The van der Waals surface area contributed by atoms with Crippen LogP contribution < -0.4 is 19.5 Å². The Morgan fingerprint density at radius 3 is 2.14 bits per heavy atom. The predicted molar refractivity (Wildman–Crippen MR) is 84.6 cm³/mol. The third kappa shape index (κ3) is 3.40. The molecule has 0 aliphatic carbocycles. The van der Waals surface area contributed by atoms with Gasteiger partial charge in [-0.05, 0) is 25.1 Å². The molecule has 1 N–H and O–H groups in total. The van der Waals surface area contributed by atoms with Crippen molar-refractivity contribution >= 4 is 5.69 Å². The minimum absolute atomic E-state index is 0.110. The van der Waals surface area contributed by atoms with Crippen molar-refractivity contribution in [3.8, 4) is 17.2 Å². The molecule has 4 heteroatoms. The lowest BCUT2D eigenvalue weighted by molar-refractivity contribution is 0.355. The maximum atomic E-state index is 5.40. The van der Waals surface area contributed by atoms with E-state index < -0.39 is 0 Å². The number of hydrogen-bond acceptors (Lipinski definition) is 4. The largest absolute Gasteiger partial charge is 0.496 e. The summed E-state index contributed by atoms with van der Waals surface area (Å²) in [6, 6.07) is 13.9. The number of ether oxygens (including phenoxy) is 3. The molecule has 112 valence electrons. The molecular formula is C17H21NO3. The lowest BCUT2D eigenvalue weighted by Gasteiger charge is -2.19. The van der Waals surface area contributed by atoms with Crippen molar-refractivity contribution in [2.24, 2.45) is 0 Å². The van der Waals surface area contributed by atoms with Crippen molar-refractivity contribution in [1.82, 2.24) is 0 Å². The zero-order valence-corrected chi connectivity index (χ0v) is 12.8. The molecule has 21 heavy (non-hydrogen) atoms. The fraction of sp³-hybridized carbons (Fsp3) is 0.294. The first-order valence-electron chi connectivity index (χ1n) is 6.81. The summed E-state index contributed by atoms with van der Waals surface area (Å²) in [6.07, 6.45) is 0. The molecule has 0 saturated carbocycles. The molecule has 0 spiro atoms. The van der Waals surface area contributed by atoms with Gasteiger partial charge in [0.15, 0.2) is 11.5 Å². The van der Waals surface area contributed by atoms with Gasteiger partial charge in [-0.15, -0.1) is 0 Å². The van der Waals surface area contributed by atoms with E-state index in [0.29, 0.717) is 11.5 Å². The lowest BCUT2D eigenvalue weighted by Crippen LogP contribution is -2.08. The van der Waals surface area contributed by atoms with Crippen LogP contribution in [0.4, 0.5) is 5.69 Å². The van der Waals surface area contributed by atoms with E-state index in [1.807, 2.05) is 36.4 Å². The van der Waals surface area contributed by atoms with E-state index in [4.69, 9.17) is 14.2 Å². The summed E-state index contributed by atoms with van der Waals surface area (Å²) in [6.45, 7) is 2.09. The van der Waals surface area contributed by atoms with Crippen molar-refractivity contribution in [1.29, 1.82) is 0 Å². The third-order valence-corrected chi connectivity index (χ3v) is 3.37. The van der Waals surface area contributed by atoms with Crippen LogP contribution in [-0.4, -0.2) is 21.3 Å². The normalized spacial score (nSPS) is 11.6. The number of hydrogen-bond donors (Lipinski definition) is 1. The second-order valence-electron chi connectivity index (χ2n) is 4.68. The molecule has 0 amide bonds. The zero-order valence-electron chi connectivity index (χ0n) is 12.8. The lowest BCUT2D eigenvalue weighted by atomic mass is 10.1. The molecule has 0 radical (unpaired) electrons. The highest BCUT2D eigenvalue weighted by molar-refractivity contribution is 5.56. The quantitative estimate of drug-likeness (QED) is 0.875. The summed E-state index contributed by atoms with van der Waals surface area (Å²) in [5.41, 5.74) is 2.07. The van der Waals surface area contributed by atoms with E-state index in [9.17, 15) is 0 Å². The minimum atomic E-state index is 0.110. The highest BCUT2D eigenvalue weighted by Crippen LogP contribution is 2.32. The average molecular weight is 287 g/mol. The standard InChI is InChI=1S/C17H21NO3/c1-12(14-7-5-6-8-15(14)19-2)18-13-9-10-16(20-3)17(11-13)21-4/h5-12,18H,1-4H3. The Morgan fingerprint density at radius 2 is 1.48 bits per heavy atom. The zero-order chi connectivity index (χ0) is 15.2. The number of benzene rings is 2. The van der Waals surface area contributed by atoms with Gasteiger partial charge in [-0.25, -0.2) is 0 Å². The van der Waals surface area contributed by atoms with E-state index in [0.717, 1.165) is 17.0 Å². The molecular weight excluding hydrogens is 266 g/mol. The second kappa shape index (κ2) is 6.88. The smallest absolute Gasteiger partial charge is 0.162 e. The molecule has 0 heterocycles. The van der Waals surface area contributed by atoms with Crippen LogP contribution in [0.5, 0.6) is 17.2 Å². The Bertz CT molecular complexity index is 598. The Hall–Kier alpha value is -2.36. The van der Waals surface area contributed by atoms with Gasteiger partial charge < -0.3 is 19.5 Å². The summed E-state index contributed by atoms with van der Waals surface area (Å²) in [4.78, 5) is 0. The third-order valence-electron chi connectivity index (χ3n) is 3.37. The van der Waals surface area contributed by atoms with Gasteiger partial charge in [-0.2, -0.15) is 0 Å². The van der Waals surface area contributed by atoms with Gasteiger partial charge in [0.1, 0.15) is 5.75 Å². The van der Waals surface area contributed by atoms with Crippen molar-refractivity contribution in [2.45, 2.75) is 13.0 Å². The van der Waals surface area contributed by atoms with Crippen LogP contribution in [0.1, 0.15) is 18.5 Å². The van der Waals surface area contributed by atoms with Gasteiger partial charge in [-0.1, -0.05) is 18.2 Å². The predicted octanol–water partition coefficient (Wildman–Crippen LogP) is 3.89. The second-order valence-corrected chi connectivity index (χ2v) is 4.68. The molecule has 2 rings (SSSR count). The molecule has 0 aromatic heterocycles. The van der Waals surface area contributed by atoms with Crippen molar-refractivity contribution in [2.75, 3.05) is 26.6 Å². The first-order chi connectivity index (χ1) is 10.2. The number of rotatable bonds is 6. The van der Waals surface area contributed by atoms with E-state index >= 15 is 0 Å². The van der Waals surface area contributed by atoms with Crippen molar-refractivity contribution in [3.05, 3.63) is 48.0 Å². The summed E-state index contributed by atoms with van der Waals surface area (Å²) >= 11 is 0. The van der Waals surface area contributed by atoms with Crippen LogP contribution >= 0.6 is 0 Å². The molecule has 4 nitrogen and oxygen atoms in total. The molecule has 1 atom stereocenters. The maximum Gasteiger partial charge on any atom is 0.162 e. The summed E-state index contributed by atoms with van der Waals surface area (Å²) in [5.74, 6) is 2.29. The molecule has 0 aliphatic rings. The number of para-hydroxylation sites is 1. The fourth-order valence-electron chi connectivity index (χ4n) is 2.28. The van der Waals surface area contributed by atoms with Gasteiger partial charge in [-0.3, -0.25) is 0 Å². The average Bonchev–Trinajstić information content (AvgIpc) is 2.54. The summed E-state index contributed by atoms with van der Waals surface area (Å²) in [5, 5.41) is 3.44. The van der Waals surface area contributed by atoms with Gasteiger partial charge in [0, 0.05) is 17.3 Å². The van der Waals surface area contributed by atoms with Crippen LogP contribution in [0.3, 0.4) is 0 Å². The monoisotopic (exact) mass is 287 g/mol. The van der Waals surface area contributed by atoms with Crippen LogP contribution in [0.25, 0.3) is 0 Å². The highest BCUT2D eigenvalue weighted by Gasteiger charge is 2.12. The van der Waals surface area contributed by atoms with Gasteiger partial charge in [0.05, 0.1) is 27.4 Å². The van der Waals surface area contributed by atoms with Gasteiger partial charge in [0.25, 0.3) is 0 Å². The van der Waals surface area contributed by atoms with Crippen LogP contribution in [0, 0.1) is 0 Å². The Morgan fingerprint density at radius 1 is 0.810 bits per heavy atom. The number of anilines is 1. The Labute approximate surface area is 125 Å². The topological polar surface area (TPSA) is 39.7 Å². The Kier molecular flexibility index (Phi) is 4.93. The fourth-order valence-corrected chi connectivity index (χ4v) is 2.28. The van der Waals surface area contributed by atoms with Crippen molar-refractivity contribution < 1.29 is 14.2 Å². The number of nitrogens with one attached hydrogen (secondary N) is 1. The van der Waals surface area contributed by atoms with E-state index in [1.165, 1.54) is 0 Å². The molecule has 0 fully saturated rings. The van der Waals surface area contributed by atoms with Gasteiger partial charge >= 0.3 is 0 Å². The number of methoxy groups -OCH3 is 3. The van der Waals surface area contributed by atoms with E-state index in [-0.39, 0.29) is 6.04 Å². The maximum absolute atomic E-state index is 5.40. The van der Waals surface area contributed by atoms with Crippen LogP contribution in [0.15, 0.2) is 42.5 Å². The molecule has 2 aromatic carbocycles. The molecule has 0 aliphatic heterocycles. The van der Waals surface area contributed by atoms with Crippen LogP contribution in [0.2, 0.25) is 0 Å². The SMILES string of the molecule is COc1ccc(NC(C)c2ccccc2OC)cc1OC. The van der Waals surface area contributed by atoms with Gasteiger partial charge in [0.2, 0.25) is 0 Å².